The predicted octanol–water partition coefficient (Wildman–Crippen LogP) is 6.13. The summed E-state index contributed by atoms with van der Waals surface area (Å²) in [5, 5.41) is 45.9. The van der Waals surface area contributed by atoms with E-state index in [4.69, 9.17) is 50.4 Å². The highest BCUT2D eigenvalue weighted by Crippen LogP contribution is 2.39. The monoisotopic (exact) mass is 1750 g/mol. The van der Waals surface area contributed by atoms with Gasteiger partial charge in [0.15, 0.2) is 17.0 Å². The molecule has 11 heterocycles. The molecule has 38 heteroatoms. The number of oxazole rings is 1. The fourth-order valence-electron chi connectivity index (χ4n) is 17.5. The lowest BCUT2D eigenvalue weighted by atomic mass is 9.80. The molecule has 6 aromatic heterocycles. The second-order valence-electron chi connectivity index (χ2n) is 34.2. The number of aromatic nitrogens is 11. The Balaban J connectivity index is 0.548. The second kappa shape index (κ2) is 42.3. The van der Waals surface area contributed by atoms with Gasteiger partial charge in [0.05, 0.1) is 34.8 Å². The topological polar surface area (TPSA) is 509 Å². The van der Waals surface area contributed by atoms with E-state index in [-0.39, 0.29) is 67.6 Å². The van der Waals surface area contributed by atoms with E-state index in [2.05, 4.69) is 55.5 Å². The predicted molar refractivity (Wildman–Crippen MR) is 468 cm³/mol. The molecule has 0 unspecified atom stereocenters. The number of nitrogens with two attached hydrogens (primary N) is 3. The molecule has 1 aromatic carbocycles. The van der Waals surface area contributed by atoms with Crippen molar-refractivity contribution in [2.24, 2.45) is 35.3 Å². The second-order valence-corrected chi connectivity index (χ2v) is 34.2. The maximum absolute atomic E-state index is 14.7. The van der Waals surface area contributed by atoms with E-state index >= 15 is 0 Å². The number of anilines is 5. The number of nitrogen functional groups attached to an aromatic ring is 2. The van der Waals surface area contributed by atoms with Crippen LogP contribution in [0.25, 0.3) is 33.4 Å². The van der Waals surface area contributed by atoms with Crippen LogP contribution in [0.2, 0.25) is 0 Å². The van der Waals surface area contributed by atoms with Crippen molar-refractivity contribution in [3.05, 3.63) is 126 Å². The normalized spacial score (nSPS) is 27.8. The Bertz CT molecular complexity index is 5170. The number of nitrogens with one attached hydrogen (secondary N) is 2. The van der Waals surface area contributed by atoms with E-state index in [1.807, 2.05) is 71.1 Å². The molecule has 38 nitrogen and oxygen atoms in total. The summed E-state index contributed by atoms with van der Waals surface area (Å²) in [6, 6.07) is 3.23. The number of esters is 1. The quantitative estimate of drug-likeness (QED) is 0.0195. The smallest absolute Gasteiger partial charge is 0.407 e. The lowest BCUT2D eigenvalue weighted by Gasteiger charge is -2.42. The van der Waals surface area contributed by atoms with Gasteiger partial charge in [-0.1, -0.05) is 64.2 Å². The van der Waals surface area contributed by atoms with E-state index in [0.717, 1.165) is 16.0 Å². The Morgan fingerprint density at radius 2 is 1.39 bits per heavy atom. The van der Waals surface area contributed by atoms with Crippen LogP contribution in [0.15, 0.2) is 114 Å². The van der Waals surface area contributed by atoms with Crippen molar-refractivity contribution in [3.63, 3.8) is 0 Å². The average molecular weight is 1750 g/mol. The van der Waals surface area contributed by atoms with Gasteiger partial charge >= 0.3 is 12.1 Å². The molecule has 680 valence electrons. The summed E-state index contributed by atoms with van der Waals surface area (Å²) in [5.41, 5.74) is 24.5. The number of carbonyl (C=O) groups is 8. The molecule has 15 atom stereocenters. The standard InChI is InChI=1S/C89H117N21O17/c1-51-16-10-9-11-17-52(2)69(122-7)41-62-22-19-56(6)89(121,127-62)77(115)82(118)109-26-14-12-18-65(109)83(119)124-70(42-66(111)53(3)37-55(5)75(113)76(114)74(112)54(4)36-51)63(90)38-57-20-23-68(71(39-57)123-8)126-88(120)100-45-58-43-94-85(95-44-58)107-32-34-108(35-33-107)87-98-48-61(49-99-87)81(117)105-28-30-106(31-29-105)86-96-46-60(47-97-86)80(116)93-25-13-15-27-110-79-72(78(91)101-50-102-79)73(104-110)59-21-24-67-64(40-59)103-84(92)125-67/h9-11,16-17,21,24,37,40,43-44,46-51,53-54,56-57,62-63,65,68-71,75-76,113-114,121H,12-15,18-20,22-23,25-36,38-39,41-42,45,90H2,1-8H3,(H2,92,103)(H,93,116)(H,100,120)(H2,91,101,102)/b11-9+,16-10+,52-17+,55-37+/t51-,53-,54-,56-,57+,62+,63-,65+,68-,69+,70+,71-,75-,76+,89-/m1/s1. The summed E-state index contributed by atoms with van der Waals surface area (Å²) in [4.78, 5) is 161. The zero-order valence-electron chi connectivity index (χ0n) is 73.1. The Morgan fingerprint density at radius 1 is 0.709 bits per heavy atom. The number of ether oxygens (including phenoxy) is 5. The molecule has 4 amide bonds. The Morgan fingerprint density at radius 3 is 2.07 bits per heavy atom. The minimum absolute atomic E-state index is 0.0118. The first-order valence-electron chi connectivity index (χ1n) is 43.8. The number of amides is 4. The van der Waals surface area contributed by atoms with Crippen LogP contribution < -0.4 is 42.5 Å². The van der Waals surface area contributed by atoms with E-state index in [1.54, 1.807) is 68.3 Å². The van der Waals surface area contributed by atoms with Crippen LogP contribution in [0, 0.1) is 29.6 Å². The Hall–Kier alpha value is -11.7. The SMILES string of the molecule is CO[C@H]1C[C@@H]2CC[C@@H](C)[C@@](O)(O2)C(=O)C(=O)N2CCCC[C@H]2C(=O)O[C@H]([C@H](N)C[C@@H]2CC[C@@H](OC(=O)NCc3cnc(N4CCN(c5ncc(C(=O)N6CCN(c7ncc(C(=O)NCCCCn8nc(-c9ccc%10oc(N)nc%10c9)c9c(N)ncnc98)cn7)CC6)cn5)CC4)nc3)[C@H](OC)C2)CC(=O)[C@H](C)/C=C(\C)[C@@H](O)[C@@H](O)C(=O)[C@H](C)C[C@H](C)/C=C/C=C/C=C/1C. The molecule has 1 saturated carbocycles. The van der Waals surface area contributed by atoms with E-state index in [9.17, 15) is 53.7 Å². The van der Waals surface area contributed by atoms with E-state index in [0.29, 0.717) is 198 Å². The zero-order valence-corrected chi connectivity index (χ0v) is 73.1. The molecule has 0 spiro atoms. The van der Waals surface area contributed by atoms with Gasteiger partial charge in [0, 0.05) is 178 Å². The number of alkyl carbamates (subject to hydrolysis) is 1. The summed E-state index contributed by atoms with van der Waals surface area (Å²) in [7, 11) is 3.06. The number of rotatable bonds is 19. The molecule has 5 aliphatic heterocycles. The summed E-state index contributed by atoms with van der Waals surface area (Å²) in [6.45, 7) is 15.1. The number of ketones is 3. The molecule has 4 saturated heterocycles. The number of piperidine rings is 1. The van der Waals surface area contributed by atoms with E-state index in [1.165, 1.54) is 38.8 Å². The number of benzene rings is 1. The first-order chi connectivity index (χ1) is 61.0. The fourth-order valence-corrected chi connectivity index (χ4v) is 17.5. The number of aryl methyl sites for hydroxylation is 1. The molecule has 0 radical (unpaired) electrons. The van der Waals surface area contributed by atoms with Crippen LogP contribution in [-0.2, 0) is 60.7 Å². The number of carbonyl (C=O) groups excluding carboxylic acids is 8. The number of methoxy groups -OCH3 is 2. The minimum atomic E-state index is -2.52. The fraction of sp³-hybridized carbons (Fsp3) is 0.551. The number of allylic oxidation sites excluding steroid dienone is 6. The molecular formula is C89H117N21O17. The van der Waals surface area contributed by atoms with Gasteiger partial charge in [-0.2, -0.15) is 10.1 Å². The zero-order chi connectivity index (χ0) is 90.3. The molecule has 127 heavy (non-hydrogen) atoms. The molecule has 2 bridgehead atoms. The number of hydrogen-bond acceptors (Lipinski definition) is 33. The maximum atomic E-state index is 14.7. The number of unbranched alkanes of at least 4 members (excludes halogenated alkanes) is 1. The van der Waals surface area contributed by atoms with Gasteiger partial charge in [0.2, 0.25) is 23.6 Å². The third-order valence-electron chi connectivity index (χ3n) is 25.2. The van der Waals surface area contributed by atoms with E-state index < -0.39 is 120 Å². The molecule has 7 aromatic rings. The van der Waals surface area contributed by atoms with Crippen molar-refractivity contribution >= 4 is 98.9 Å². The van der Waals surface area contributed by atoms with Crippen molar-refractivity contribution in [1.82, 2.24) is 75.1 Å². The number of cyclic esters (lactones) is 1. The lowest BCUT2D eigenvalue weighted by molar-refractivity contribution is -0.265. The van der Waals surface area contributed by atoms with Gasteiger partial charge in [-0.05, 0) is 132 Å². The van der Waals surface area contributed by atoms with Crippen LogP contribution in [0.4, 0.5) is 34.5 Å². The molecule has 5 fully saturated rings. The highest BCUT2D eigenvalue weighted by molar-refractivity contribution is 6.39. The number of Topliss-reactive ketones (excluding diaryl/α,β-unsaturated/α-hetero) is 3. The molecule has 6 aliphatic rings. The molecular weight excluding hydrogens is 1640 g/mol. The van der Waals surface area contributed by atoms with Gasteiger partial charge in [-0.15, -0.1) is 0 Å². The summed E-state index contributed by atoms with van der Waals surface area (Å²) < 4.78 is 37.4. The van der Waals surface area contributed by atoms with Gasteiger partial charge in [0.1, 0.15) is 59.6 Å². The number of nitrogens with zero attached hydrogens (tertiary/aromatic N) is 16. The van der Waals surface area contributed by atoms with Crippen molar-refractivity contribution in [1.29, 1.82) is 0 Å². The first kappa shape index (κ1) is 93.0. The van der Waals surface area contributed by atoms with Crippen molar-refractivity contribution in [2.75, 3.05) is 106 Å². The van der Waals surface area contributed by atoms with Gasteiger partial charge < -0.3 is 95.8 Å². The summed E-state index contributed by atoms with van der Waals surface area (Å²) in [6.07, 6.45) is 18.5. The maximum Gasteiger partial charge on any atom is 0.407 e. The Kier molecular flexibility index (Phi) is 31.0. The summed E-state index contributed by atoms with van der Waals surface area (Å²) >= 11 is 0. The number of aliphatic hydroxyl groups is 3. The number of aliphatic hydroxyl groups excluding tert-OH is 2. The number of piperazine rings is 2. The first-order valence-corrected chi connectivity index (χ1v) is 43.8. The highest BCUT2D eigenvalue weighted by atomic mass is 16.6. The van der Waals surface area contributed by atoms with Gasteiger partial charge in [-0.25, -0.2) is 54.1 Å². The number of fused-ring (bicyclic) bond motifs is 5. The van der Waals surface area contributed by atoms with Gasteiger partial charge in [0.25, 0.3) is 29.5 Å². The summed E-state index contributed by atoms with van der Waals surface area (Å²) in [5.74, 6) is -8.21. The molecule has 11 N–H and O–H groups in total. The van der Waals surface area contributed by atoms with Crippen LogP contribution >= 0.6 is 0 Å². The van der Waals surface area contributed by atoms with Crippen LogP contribution in [-0.4, -0.2) is 267 Å². The Labute approximate surface area is 735 Å². The minimum Gasteiger partial charge on any atom is -0.459 e. The molecule has 1 aliphatic carbocycles. The third kappa shape index (κ3) is 22.7. The van der Waals surface area contributed by atoms with Crippen molar-refractivity contribution < 1.29 is 81.8 Å². The van der Waals surface area contributed by atoms with Gasteiger partial charge in [-0.3, -0.25) is 28.8 Å². The van der Waals surface area contributed by atoms with Crippen molar-refractivity contribution in [2.45, 2.75) is 205 Å². The van der Waals surface area contributed by atoms with Crippen LogP contribution in [0.3, 0.4) is 0 Å². The largest absolute Gasteiger partial charge is 0.459 e. The number of hydrogen-bond donors (Lipinski definition) is 8. The van der Waals surface area contributed by atoms with Crippen LogP contribution in [0.5, 0.6) is 0 Å². The van der Waals surface area contributed by atoms with Crippen molar-refractivity contribution in [3.8, 4) is 11.3 Å². The van der Waals surface area contributed by atoms with Crippen LogP contribution in [0.1, 0.15) is 158 Å². The third-order valence-corrected chi connectivity index (χ3v) is 25.2. The highest BCUT2D eigenvalue weighted by Gasteiger charge is 2.53. The lowest BCUT2D eigenvalue weighted by Crippen LogP contribution is -2.61. The molecule has 13 rings (SSSR count). The average Bonchev–Trinajstić information content (AvgIpc) is 1.21.